The van der Waals surface area contributed by atoms with Gasteiger partial charge in [0.15, 0.2) is 0 Å². The quantitative estimate of drug-likeness (QED) is 0.709. The fraction of sp³-hybridized carbons (Fsp3) is 0.333. The van der Waals surface area contributed by atoms with E-state index < -0.39 is 0 Å². The maximum absolute atomic E-state index is 5.74. The van der Waals surface area contributed by atoms with E-state index >= 15 is 0 Å². The highest BCUT2D eigenvalue weighted by Gasteiger charge is 1.97. The molecule has 0 atom stereocenters. The summed E-state index contributed by atoms with van der Waals surface area (Å²) in [7, 11) is 0. The Morgan fingerprint density at radius 1 is 1.50 bits per heavy atom. The van der Waals surface area contributed by atoms with Crippen molar-refractivity contribution in [2.45, 2.75) is 13.3 Å². The van der Waals surface area contributed by atoms with Gasteiger partial charge in [-0.15, -0.1) is 0 Å². The summed E-state index contributed by atoms with van der Waals surface area (Å²) >= 11 is 5.74. The molecule has 3 N–H and O–H groups in total. The summed E-state index contributed by atoms with van der Waals surface area (Å²) in [6.07, 6.45) is 1.09. The van der Waals surface area contributed by atoms with Crippen molar-refractivity contribution in [3.8, 4) is 0 Å². The van der Waals surface area contributed by atoms with E-state index in [4.69, 9.17) is 17.3 Å². The first-order valence-corrected chi connectivity index (χ1v) is 4.40. The molecule has 3 heteroatoms. The summed E-state index contributed by atoms with van der Waals surface area (Å²) in [4.78, 5) is 0. The van der Waals surface area contributed by atoms with Gasteiger partial charge in [0.2, 0.25) is 0 Å². The van der Waals surface area contributed by atoms with Gasteiger partial charge in [-0.25, -0.2) is 0 Å². The summed E-state index contributed by atoms with van der Waals surface area (Å²) in [6.45, 7) is 3.05. The van der Waals surface area contributed by atoms with Crippen LogP contribution >= 0.6 is 11.6 Å². The number of nitrogens with one attached hydrogen (secondary N) is 1. The van der Waals surface area contributed by atoms with Crippen LogP contribution in [-0.2, 0) is 0 Å². The molecule has 12 heavy (non-hydrogen) atoms. The van der Waals surface area contributed by atoms with E-state index in [0.29, 0.717) is 10.7 Å². The van der Waals surface area contributed by atoms with Crippen LogP contribution in [0.1, 0.15) is 13.3 Å². The molecule has 0 saturated carbocycles. The van der Waals surface area contributed by atoms with Crippen LogP contribution in [0.5, 0.6) is 0 Å². The van der Waals surface area contributed by atoms with Gasteiger partial charge in [0.25, 0.3) is 0 Å². The highest BCUT2D eigenvalue weighted by Crippen LogP contribution is 2.22. The topological polar surface area (TPSA) is 38.0 Å². The van der Waals surface area contributed by atoms with Gasteiger partial charge in [0.1, 0.15) is 0 Å². The number of nitrogen functional groups attached to an aromatic ring is 1. The minimum atomic E-state index is 0.676. The van der Waals surface area contributed by atoms with E-state index in [9.17, 15) is 0 Å². The lowest BCUT2D eigenvalue weighted by Gasteiger charge is -2.07. The summed E-state index contributed by atoms with van der Waals surface area (Å²) in [5.74, 6) is 0. The first-order chi connectivity index (χ1) is 5.74. The zero-order valence-electron chi connectivity index (χ0n) is 7.10. The number of rotatable bonds is 3. The maximum atomic E-state index is 5.74. The summed E-state index contributed by atoms with van der Waals surface area (Å²) in [5.41, 5.74) is 7.38. The molecule has 0 aliphatic rings. The van der Waals surface area contributed by atoms with Gasteiger partial charge in [0, 0.05) is 11.6 Å². The van der Waals surface area contributed by atoms with Crippen molar-refractivity contribution in [1.29, 1.82) is 0 Å². The molecular formula is C9H13ClN2. The molecule has 66 valence electrons. The zero-order chi connectivity index (χ0) is 8.97. The Bertz CT molecular complexity index is 261. The van der Waals surface area contributed by atoms with Crippen molar-refractivity contribution in [1.82, 2.24) is 0 Å². The van der Waals surface area contributed by atoms with Crippen molar-refractivity contribution in [2.75, 3.05) is 17.6 Å². The van der Waals surface area contributed by atoms with Crippen LogP contribution in [0.25, 0.3) is 0 Å². The lowest BCUT2D eigenvalue weighted by atomic mass is 10.2. The van der Waals surface area contributed by atoms with Crippen molar-refractivity contribution in [3.05, 3.63) is 23.2 Å². The van der Waals surface area contributed by atoms with E-state index in [1.807, 2.05) is 12.1 Å². The Balaban J connectivity index is 2.72. The molecule has 0 bridgehead atoms. The minimum Gasteiger partial charge on any atom is -0.397 e. The predicted molar refractivity (Wildman–Crippen MR) is 54.6 cm³/mol. The third-order valence-corrected chi connectivity index (χ3v) is 1.81. The monoisotopic (exact) mass is 184 g/mol. The van der Waals surface area contributed by atoms with Crippen LogP contribution in [0.15, 0.2) is 18.2 Å². The van der Waals surface area contributed by atoms with E-state index in [1.165, 1.54) is 0 Å². The van der Waals surface area contributed by atoms with Gasteiger partial charge in [-0.2, -0.15) is 0 Å². The zero-order valence-corrected chi connectivity index (χ0v) is 7.86. The van der Waals surface area contributed by atoms with E-state index in [0.717, 1.165) is 18.7 Å². The predicted octanol–water partition coefficient (Wildman–Crippen LogP) is 2.74. The summed E-state index contributed by atoms with van der Waals surface area (Å²) < 4.78 is 0. The number of benzene rings is 1. The third-order valence-electron chi connectivity index (χ3n) is 1.58. The molecule has 0 unspecified atom stereocenters. The van der Waals surface area contributed by atoms with Crippen LogP contribution in [-0.4, -0.2) is 6.54 Å². The Kier molecular flexibility index (Phi) is 3.23. The van der Waals surface area contributed by atoms with Crippen LogP contribution in [0.3, 0.4) is 0 Å². The molecule has 0 fully saturated rings. The average molecular weight is 185 g/mol. The lowest BCUT2D eigenvalue weighted by Crippen LogP contribution is -2.02. The van der Waals surface area contributed by atoms with Crippen LogP contribution in [0.2, 0.25) is 5.02 Å². The Morgan fingerprint density at radius 2 is 2.25 bits per heavy atom. The molecule has 1 aromatic rings. The highest BCUT2D eigenvalue weighted by molar-refractivity contribution is 6.31. The van der Waals surface area contributed by atoms with Crippen molar-refractivity contribution in [3.63, 3.8) is 0 Å². The number of hydrogen-bond acceptors (Lipinski definition) is 2. The number of nitrogens with two attached hydrogens (primary N) is 1. The second kappa shape index (κ2) is 4.21. The van der Waals surface area contributed by atoms with E-state index in [1.54, 1.807) is 6.07 Å². The average Bonchev–Trinajstić information content (AvgIpc) is 2.03. The SMILES string of the molecule is CCCNc1ccc(Cl)cc1N. The molecule has 0 saturated heterocycles. The van der Waals surface area contributed by atoms with Crippen LogP contribution in [0, 0.1) is 0 Å². The van der Waals surface area contributed by atoms with Crippen molar-refractivity contribution in [2.24, 2.45) is 0 Å². The van der Waals surface area contributed by atoms with Crippen LogP contribution in [0.4, 0.5) is 11.4 Å². The molecule has 1 rings (SSSR count). The molecule has 0 heterocycles. The van der Waals surface area contributed by atoms with Gasteiger partial charge < -0.3 is 11.1 Å². The Hall–Kier alpha value is -0.890. The summed E-state index contributed by atoms with van der Waals surface area (Å²) in [5, 5.41) is 3.88. The largest absolute Gasteiger partial charge is 0.397 e. The Morgan fingerprint density at radius 3 is 2.83 bits per heavy atom. The fourth-order valence-corrected chi connectivity index (χ4v) is 1.13. The summed E-state index contributed by atoms with van der Waals surface area (Å²) in [6, 6.07) is 5.47. The molecule has 0 radical (unpaired) electrons. The van der Waals surface area contributed by atoms with Gasteiger partial charge in [0.05, 0.1) is 11.4 Å². The number of anilines is 2. The molecule has 0 aliphatic heterocycles. The highest BCUT2D eigenvalue weighted by atomic mass is 35.5. The molecule has 2 nitrogen and oxygen atoms in total. The second-order valence-corrected chi connectivity index (χ2v) is 3.09. The molecule has 1 aromatic carbocycles. The van der Waals surface area contributed by atoms with Crippen molar-refractivity contribution < 1.29 is 0 Å². The van der Waals surface area contributed by atoms with E-state index in [2.05, 4.69) is 12.2 Å². The van der Waals surface area contributed by atoms with Gasteiger partial charge in [-0.05, 0) is 24.6 Å². The standard InChI is InChI=1S/C9H13ClN2/c1-2-5-12-9-4-3-7(10)6-8(9)11/h3-4,6,12H,2,5,11H2,1H3. The second-order valence-electron chi connectivity index (χ2n) is 2.66. The number of hydrogen-bond donors (Lipinski definition) is 2. The fourth-order valence-electron chi connectivity index (χ4n) is 0.954. The molecule has 0 amide bonds. The Labute approximate surface area is 77.7 Å². The lowest BCUT2D eigenvalue weighted by molar-refractivity contribution is 0.980. The maximum Gasteiger partial charge on any atom is 0.0574 e. The first-order valence-electron chi connectivity index (χ1n) is 4.03. The third kappa shape index (κ3) is 2.31. The molecular weight excluding hydrogens is 172 g/mol. The first kappa shape index (κ1) is 9.20. The number of halogens is 1. The van der Waals surface area contributed by atoms with E-state index in [-0.39, 0.29) is 0 Å². The minimum absolute atomic E-state index is 0.676. The smallest absolute Gasteiger partial charge is 0.0574 e. The molecule has 0 aromatic heterocycles. The van der Waals surface area contributed by atoms with Crippen molar-refractivity contribution >= 4 is 23.0 Å². The molecule has 0 spiro atoms. The van der Waals surface area contributed by atoms with Crippen LogP contribution < -0.4 is 11.1 Å². The molecule has 0 aliphatic carbocycles. The van der Waals surface area contributed by atoms with Gasteiger partial charge >= 0.3 is 0 Å². The van der Waals surface area contributed by atoms with Gasteiger partial charge in [-0.1, -0.05) is 18.5 Å². The normalized spacial score (nSPS) is 9.83. The van der Waals surface area contributed by atoms with Gasteiger partial charge in [-0.3, -0.25) is 0 Å².